The summed E-state index contributed by atoms with van der Waals surface area (Å²) in [6.45, 7) is 2.13. The number of phenolic OH excluding ortho intramolecular Hbond substituents is 1. The van der Waals surface area contributed by atoms with E-state index in [0.717, 1.165) is 10.2 Å². The summed E-state index contributed by atoms with van der Waals surface area (Å²) in [6.07, 6.45) is 0.268. The molecule has 1 aromatic rings. The summed E-state index contributed by atoms with van der Waals surface area (Å²) >= 11 is 0. The predicted molar refractivity (Wildman–Crippen MR) is 68.4 cm³/mol. The Morgan fingerprint density at radius 3 is 2.38 bits per heavy atom. The Hall–Kier alpha value is -1.42. The average Bonchev–Trinajstić information content (AvgIpc) is 2.18. The number of nitrogen functional groups attached to an aromatic ring is 1. The van der Waals surface area contributed by atoms with Gasteiger partial charge >= 0.3 is 0 Å². The van der Waals surface area contributed by atoms with Crippen LogP contribution in [0.5, 0.6) is 5.75 Å². The van der Waals surface area contributed by atoms with Crippen molar-refractivity contribution >= 4 is 11.4 Å². The molecule has 0 heterocycles. The molecule has 0 aromatic heterocycles. The number of quaternary nitrogens is 1. The monoisotopic (exact) mass is 224 g/mol. The molecule has 0 aliphatic heterocycles. The maximum absolute atomic E-state index is 9.48. The minimum absolute atomic E-state index is 0.240. The second-order valence-corrected chi connectivity index (χ2v) is 5.10. The molecular weight excluding hydrogens is 202 g/mol. The fraction of sp³-hybridized carbons (Fsp3) is 0.500. The molecule has 0 fully saturated rings. The molecule has 0 spiro atoms. The summed E-state index contributed by atoms with van der Waals surface area (Å²) in [6, 6.07) is 5.02. The van der Waals surface area contributed by atoms with Gasteiger partial charge in [0.1, 0.15) is 5.75 Å². The Labute approximate surface area is 97.5 Å². The number of hydrogen-bond donors (Lipinski definition) is 2. The van der Waals surface area contributed by atoms with E-state index in [1.54, 1.807) is 18.2 Å². The van der Waals surface area contributed by atoms with Gasteiger partial charge in [-0.15, -0.1) is 0 Å². The molecule has 0 saturated carbocycles. The van der Waals surface area contributed by atoms with Crippen LogP contribution in [0, 0.1) is 0 Å². The van der Waals surface area contributed by atoms with Gasteiger partial charge in [0.2, 0.25) is 0 Å². The highest BCUT2D eigenvalue weighted by Crippen LogP contribution is 2.29. The van der Waals surface area contributed by atoms with Gasteiger partial charge in [-0.2, -0.15) is 0 Å². The van der Waals surface area contributed by atoms with Crippen LogP contribution in [0.2, 0.25) is 0 Å². The van der Waals surface area contributed by atoms with Gasteiger partial charge in [0.15, 0.2) is 6.17 Å². The summed E-state index contributed by atoms with van der Waals surface area (Å²) < 4.78 is 0.797. The lowest BCUT2D eigenvalue weighted by atomic mass is 10.2. The molecule has 1 rings (SSSR count). The largest absolute Gasteiger partial charge is 0.508 e. The molecule has 1 unspecified atom stereocenters. The molecule has 0 aliphatic carbocycles. The lowest BCUT2D eigenvalue weighted by Gasteiger charge is -2.38. The first-order valence-corrected chi connectivity index (χ1v) is 5.36. The summed E-state index contributed by atoms with van der Waals surface area (Å²) in [5, 5.41) is 9.48. The predicted octanol–water partition coefficient (Wildman–Crippen LogP) is 1.46. The lowest BCUT2D eigenvalue weighted by Crippen LogP contribution is -2.52. The highest BCUT2D eigenvalue weighted by atomic mass is 16.3. The second kappa shape index (κ2) is 4.22. The zero-order chi connectivity index (χ0) is 12.5. The Morgan fingerprint density at radius 1 is 1.31 bits per heavy atom. The van der Waals surface area contributed by atoms with Gasteiger partial charge in [0.25, 0.3) is 0 Å². The molecule has 0 bridgehead atoms. The Morgan fingerprint density at radius 2 is 1.88 bits per heavy atom. The van der Waals surface area contributed by atoms with E-state index >= 15 is 0 Å². The van der Waals surface area contributed by atoms with E-state index in [2.05, 4.69) is 33.0 Å². The Bertz CT molecular complexity index is 371. The molecule has 4 heteroatoms. The maximum atomic E-state index is 9.48. The van der Waals surface area contributed by atoms with E-state index < -0.39 is 0 Å². The highest BCUT2D eigenvalue weighted by molar-refractivity contribution is 5.69. The van der Waals surface area contributed by atoms with E-state index in [9.17, 15) is 5.11 Å². The quantitative estimate of drug-likeness (QED) is 0.354. The fourth-order valence-electron chi connectivity index (χ4n) is 1.56. The SMILES string of the molecule is CC(N(C)c1cc(O)ccc1N)[N+](C)(C)C. The number of phenols is 1. The maximum Gasteiger partial charge on any atom is 0.161 e. The van der Waals surface area contributed by atoms with E-state index in [0.29, 0.717) is 5.69 Å². The van der Waals surface area contributed by atoms with E-state index in [1.807, 2.05) is 7.05 Å². The Balaban J connectivity index is 3.05. The fourth-order valence-corrected chi connectivity index (χ4v) is 1.56. The first-order valence-electron chi connectivity index (χ1n) is 5.36. The summed E-state index contributed by atoms with van der Waals surface area (Å²) in [5.41, 5.74) is 7.45. The topological polar surface area (TPSA) is 49.5 Å². The number of nitrogens with two attached hydrogens (primary N) is 1. The number of aromatic hydroxyl groups is 1. The molecule has 0 amide bonds. The van der Waals surface area contributed by atoms with Crippen LogP contribution in [0.1, 0.15) is 6.92 Å². The Kier molecular flexibility index (Phi) is 3.33. The molecule has 16 heavy (non-hydrogen) atoms. The molecule has 3 N–H and O–H groups in total. The van der Waals surface area contributed by atoms with Crippen molar-refractivity contribution in [3.8, 4) is 5.75 Å². The zero-order valence-corrected chi connectivity index (χ0v) is 10.7. The first-order chi connectivity index (χ1) is 7.23. The van der Waals surface area contributed by atoms with Gasteiger partial charge in [-0.25, -0.2) is 0 Å². The normalized spacial score (nSPS) is 13.6. The third kappa shape index (κ3) is 2.58. The third-order valence-corrected chi connectivity index (χ3v) is 3.08. The number of benzene rings is 1. The van der Waals surface area contributed by atoms with Crippen LogP contribution < -0.4 is 10.6 Å². The summed E-state index contributed by atoms with van der Waals surface area (Å²) in [5.74, 6) is 0.240. The number of anilines is 2. The van der Waals surface area contributed by atoms with E-state index in [-0.39, 0.29) is 11.9 Å². The van der Waals surface area contributed by atoms with Crippen LogP contribution in [-0.4, -0.2) is 43.9 Å². The van der Waals surface area contributed by atoms with Gasteiger partial charge in [0.05, 0.1) is 32.5 Å². The molecule has 90 valence electrons. The highest BCUT2D eigenvalue weighted by Gasteiger charge is 2.24. The third-order valence-electron chi connectivity index (χ3n) is 3.08. The minimum atomic E-state index is 0.240. The minimum Gasteiger partial charge on any atom is -0.508 e. The molecule has 4 nitrogen and oxygen atoms in total. The van der Waals surface area contributed by atoms with Crippen LogP contribution in [-0.2, 0) is 0 Å². The van der Waals surface area contributed by atoms with Crippen molar-refractivity contribution in [2.75, 3.05) is 38.8 Å². The lowest BCUT2D eigenvalue weighted by molar-refractivity contribution is -0.893. The molecule has 1 aromatic carbocycles. The van der Waals surface area contributed by atoms with Crippen LogP contribution in [0.15, 0.2) is 18.2 Å². The first kappa shape index (κ1) is 12.6. The van der Waals surface area contributed by atoms with Gasteiger partial charge in [0, 0.05) is 20.0 Å². The van der Waals surface area contributed by atoms with E-state index in [1.165, 1.54) is 0 Å². The summed E-state index contributed by atoms with van der Waals surface area (Å²) in [7, 11) is 8.36. The zero-order valence-electron chi connectivity index (χ0n) is 10.7. The second-order valence-electron chi connectivity index (χ2n) is 5.10. The van der Waals surface area contributed by atoms with Crippen molar-refractivity contribution < 1.29 is 9.59 Å². The standard InChI is InChI=1S/C12H21N3O/c1-9(15(3,4)5)14(2)12-8-10(16)6-7-11(12)13/h6-9H,13H2,1-5H3/p+1. The van der Waals surface area contributed by atoms with Crippen LogP contribution in [0.25, 0.3) is 0 Å². The van der Waals surface area contributed by atoms with Crippen molar-refractivity contribution in [2.45, 2.75) is 13.1 Å². The molecule has 0 saturated heterocycles. The van der Waals surface area contributed by atoms with Crippen molar-refractivity contribution in [3.63, 3.8) is 0 Å². The number of hydrogen-bond acceptors (Lipinski definition) is 3. The van der Waals surface area contributed by atoms with Crippen molar-refractivity contribution in [1.29, 1.82) is 0 Å². The van der Waals surface area contributed by atoms with Gasteiger partial charge < -0.3 is 20.2 Å². The van der Waals surface area contributed by atoms with Crippen molar-refractivity contribution in [3.05, 3.63) is 18.2 Å². The average molecular weight is 224 g/mol. The summed E-state index contributed by atoms with van der Waals surface area (Å²) in [4.78, 5) is 2.08. The van der Waals surface area contributed by atoms with Gasteiger partial charge in [-0.05, 0) is 12.1 Å². The van der Waals surface area contributed by atoms with Gasteiger partial charge in [-0.3, -0.25) is 0 Å². The molecule has 0 radical (unpaired) electrons. The molecular formula is C12H22N3O+. The number of rotatable bonds is 3. The van der Waals surface area contributed by atoms with Gasteiger partial charge in [-0.1, -0.05) is 0 Å². The smallest absolute Gasteiger partial charge is 0.161 e. The number of nitrogens with zero attached hydrogens (tertiary/aromatic N) is 2. The van der Waals surface area contributed by atoms with Crippen molar-refractivity contribution in [2.24, 2.45) is 0 Å². The molecule has 0 aliphatic rings. The van der Waals surface area contributed by atoms with E-state index in [4.69, 9.17) is 5.73 Å². The molecule has 1 atom stereocenters. The van der Waals surface area contributed by atoms with Crippen LogP contribution >= 0.6 is 0 Å². The van der Waals surface area contributed by atoms with Crippen LogP contribution in [0.3, 0.4) is 0 Å². The van der Waals surface area contributed by atoms with Crippen molar-refractivity contribution in [1.82, 2.24) is 0 Å². The van der Waals surface area contributed by atoms with Crippen LogP contribution in [0.4, 0.5) is 11.4 Å².